The van der Waals surface area contributed by atoms with Crippen LogP contribution in [0.1, 0.15) is 19.4 Å². The largest absolute Gasteiger partial charge is 0.389 e. The first-order valence-corrected chi connectivity index (χ1v) is 6.67. The highest BCUT2D eigenvalue weighted by Crippen LogP contribution is 2.09. The molecule has 0 aliphatic carbocycles. The summed E-state index contributed by atoms with van der Waals surface area (Å²) in [5.41, 5.74) is 7.06. The van der Waals surface area contributed by atoms with Gasteiger partial charge in [-0.2, -0.15) is 0 Å². The van der Waals surface area contributed by atoms with Crippen LogP contribution in [0.3, 0.4) is 0 Å². The van der Waals surface area contributed by atoms with Gasteiger partial charge in [0.25, 0.3) is 0 Å². The van der Waals surface area contributed by atoms with E-state index in [4.69, 9.17) is 18.0 Å². The van der Waals surface area contributed by atoms with Gasteiger partial charge in [-0.25, -0.2) is 0 Å². The molecule has 0 saturated carbocycles. The van der Waals surface area contributed by atoms with E-state index in [1.165, 1.54) is 0 Å². The number of nitrogens with zero attached hydrogens (tertiary/aromatic N) is 1. The Morgan fingerprint density at radius 2 is 1.95 bits per heavy atom. The molecule has 0 heterocycles. The van der Waals surface area contributed by atoms with Gasteiger partial charge in [0.15, 0.2) is 0 Å². The zero-order chi connectivity index (χ0) is 14.4. The molecule has 4 nitrogen and oxygen atoms in total. The fourth-order valence-electron chi connectivity index (χ4n) is 1.85. The third-order valence-corrected chi connectivity index (χ3v) is 2.78. The standard InChI is InChI=1S/C14H21N3OS/c1-10(2)8-17(3)9-13(18)16-12-6-4-11(5-7-12)14(15)19/h4-7,10H,8-9H2,1-3H3,(H2,15,19)(H,16,18). The summed E-state index contributed by atoms with van der Waals surface area (Å²) < 4.78 is 0. The topological polar surface area (TPSA) is 58.4 Å². The van der Waals surface area contributed by atoms with E-state index < -0.39 is 0 Å². The first-order valence-electron chi connectivity index (χ1n) is 6.26. The summed E-state index contributed by atoms with van der Waals surface area (Å²) in [7, 11) is 1.94. The zero-order valence-corrected chi connectivity index (χ0v) is 12.5. The number of nitrogens with one attached hydrogen (secondary N) is 1. The molecule has 104 valence electrons. The third kappa shape index (κ3) is 5.81. The van der Waals surface area contributed by atoms with Gasteiger partial charge in [0, 0.05) is 17.8 Å². The Morgan fingerprint density at radius 3 is 2.42 bits per heavy atom. The summed E-state index contributed by atoms with van der Waals surface area (Å²) in [6.07, 6.45) is 0. The van der Waals surface area contributed by atoms with Crippen LogP contribution >= 0.6 is 12.2 Å². The minimum atomic E-state index is -0.0220. The van der Waals surface area contributed by atoms with E-state index in [9.17, 15) is 4.79 Å². The normalized spacial score (nSPS) is 10.8. The second-order valence-corrected chi connectivity index (χ2v) is 5.52. The molecule has 0 radical (unpaired) electrons. The van der Waals surface area contributed by atoms with Crippen LogP contribution in [0, 0.1) is 5.92 Å². The smallest absolute Gasteiger partial charge is 0.238 e. The number of benzene rings is 1. The van der Waals surface area contributed by atoms with E-state index in [2.05, 4.69) is 19.2 Å². The van der Waals surface area contributed by atoms with Gasteiger partial charge in [-0.05, 0) is 37.2 Å². The lowest BCUT2D eigenvalue weighted by molar-refractivity contribution is -0.117. The fraction of sp³-hybridized carbons (Fsp3) is 0.429. The van der Waals surface area contributed by atoms with Gasteiger partial charge in [0.2, 0.25) is 5.91 Å². The monoisotopic (exact) mass is 279 g/mol. The van der Waals surface area contributed by atoms with E-state index in [1.807, 2.05) is 11.9 Å². The van der Waals surface area contributed by atoms with Crippen molar-refractivity contribution in [2.24, 2.45) is 11.7 Å². The van der Waals surface area contributed by atoms with Crippen LogP contribution in [0.4, 0.5) is 5.69 Å². The Kier molecular flexibility index (Phi) is 5.92. The quantitative estimate of drug-likeness (QED) is 0.780. The minimum Gasteiger partial charge on any atom is -0.389 e. The molecule has 0 saturated heterocycles. The first kappa shape index (κ1) is 15.6. The van der Waals surface area contributed by atoms with Crippen LogP contribution in [0.25, 0.3) is 0 Å². The Hall–Kier alpha value is -1.46. The molecule has 0 aromatic heterocycles. The predicted octanol–water partition coefficient (Wildman–Crippen LogP) is 1.85. The number of thiocarbonyl (C=S) groups is 1. The van der Waals surface area contributed by atoms with Crippen molar-refractivity contribution in [2.45, 2.75) is 13.8 Å². The lowest BCUT2D eigenvalue weighted by Gasteiger charge is -2.18. The molecular formula is C14H21N3OS. The Balaban J connectivity index is 2.50. The lowest BCUT2D eigenvalue weighted by atomic mass is 10.2. The molecule has 1 amide bonds. The molecule has 0 atom stereocenters. The van der Waals surface area contributed by atoms with Gasteiger partial charge in [-0.1, -0.05) is 26.1 Å². The number of amides is 1. The summed E-state index contributed by atoms with van der Waals surface area (Å²) in [6.45, 7) is 5.54. The number of hydrogen-bond donors (Lipinski definition) is 2. The average Bonchev–Trinajstić information content (AvgIpc) is 2.27. The van der Waals surface area contributed by atoms with Crippen molar-refractivity contribution in [3.05, 3.63) is 29.8 Å². The van der Waals surface area contributed by atoms with E-state index in [-0.39, 0.29) is 5.91 Å². The number of carbonyl (C=O) groups excluding carboxylic acids is 1. The van der Waals surface area contributed by atoms with E-state index in [1.54, 1.807) is 24.3 Å². The van der Waals surface area contributed by atoms with Crippen LogP contribution in [0.15, 0.2) is 24.3 Å². The average molecular weight is 279 g/mol. The van der Waals surface area contributed by atoms with E-state index >= 15 is 0 Å². The Labute approximate surface area is 120 Å². The second-order valence-electron chi connectivity index (χ2n) is 5.08. The summed E-state index contributed by atoms with van der Waals surface area (Å²) in [6, 6.07) is 7.20. The van der Waals surface area contributed by atoms with Gasteiger partial charge in [-0.3, -0.25) is 9.69 Å². The van der Waals surface area contributed by atoms with Crippen LogP contribution in [-0.2, 0) is 4.79 Å². The van der Waals surface area contributed by atoms with Crippen LogP contribution < -0.4 is 11.1 Å². The molecule has 0 aliphatic rings. The summed E-state index contributed by atoms with van der Waals surface area (Å²) in [4.78, 5) is 14.2. The molecule has 1 rings (SSSR count). The molecule has 0 aliphatic heterocycles. The molecule has 1 aromatic rings. The maximum absolute atomic E-state index is 11.8. The van der Waals surface area contributed by atoms with Crippen LogP contribution in [0.5, 0.6) is 0 Å². The number of carbonyl (C=O) groups is 1. The molecule has 0 fully saturated rings. The number of nitrogens with two attached hydrogens (primary N) is 1. The van der Waals surface area contributed by atoms with Gasteiger partial charge in [-0.15, -0.1) is 0 Å². The lowest BCUT2D eigenvalue weighted by Crippen LogP contribution is -2.32. The number of likely N-dealkylation sites (N-methyl/N-ethyl adjacent to an activating group) is 1. The van der Waals surface area contributed by atoms with Crippen molar-refractivity contribution >= 4 is 28.8 Å². The number of rotatable bonds is 6. The van der Waals surface area contributed by atoms with E-state index in [0.717, 1.165) is 17.8 Å². The number of hydrogen-bond acceptors (Lipinski definition) is 3. The molecular weight excluding hydrogens is 258 g/mol. The molecule has 1 aromatic carbocycles. The first-order chi connectivity index (χ1) is 8.88. The molecule has 0 spiro atoms. The Bertz CT molecular complexity index is 443. The fourth-order valence-corrected chi connectivity index (χ4v) is 1.99. The molecule has 0 bridgehead atoms. The third-order valence-electron chi connectivity index (χ3n) is 2.54. The van der Waals surface area contributed by atoms with Crippen molar-refractivity contribution < 1.29 is 4.79 Å². The van der Waals surface area contributed by atoms with Crippen molar-refractivity contribution in [3.63, 3.8) is 0 Å². The van der Waals surface area contributed by atoms with Crippen molar-refractivity contribution in [1.29, 1.82) is 0 Å². The minimum absolute atomic E-state index is 0.0220. The highest BCUT2D eigenvalue weighted by atomic mass is 32.1. The molecule has 0 unspecified atom stereocenters. The van der Waals surface area contributed by atoms with Crippen molar-refractivity contribution in [1.82, 2.24) is 4.90 Å². The summed E-state index contributed by atoms with van der Waals surface area (Å²) in [5, 5.41) is 2.85. The van der Waals surface area contributed by atoms with Crippen molar-refractivity contribution in [3.8, 4) is 0 Å². The van der Waals surface area contributed by atoms with Gasteiger partial charge < -0.3 is 11.1 Å². The SMILES string of the molecule is CC(C)CN(C)CC(=O)Nc1ccc(C(N)=S)cc1. The van der Waals surface area contributed by atoms with Crippen LogP contribution in [0.2, 0.25) is 0 Å². The maximum atomic E-state index is 11.8. The van der Waals surface area contributed by atoms with Crippen molar-refractivity contribution in [2.75, 3.05) is 25.5 Å². The predicted molar refractivity (Wildman–Crippen MR) is 83.3 cm³/mol. The summed E-state index contributed by atoms with van der Waals surface area (Å²) in [5.74, 6) is 0.522. The molecule has 3 N–H and O–H groups in total. The number of anilines is 1. The van der Waals surface area contributed by atoms with Gasteiger partial charge in [0.05, 0.1) is 6.54 Å². The highest BCUT2D eigenvalue weighted by Gasteiger charge is 2.08. The van der Waals surface area contributed by atoms with Crippen LogP contribution in [-0.4, -0.2) is 35.9 Å². The van der Waals surface area contributed by atoms with Gasteiger partial charge >= 0.3 is 0 Å². The second kappa shape index (κ2) is 7.21. The molecule has 19 heavy (non-hydrogen) atoms. The van der Waals surface area contributed by atoms with E-state index in [0.29, 0.717) is 17.5 Å². The molecule has 5 heteroatoms. The maximum Gasteiger partial charge on any atom is 0.238 e. The van der Waals surface area contributed by atoms with Gasteiger partial charge in [0.1, 0.15) is 4.99 Å². The highest BCUT2D eigenvalue weighted by molar-refractivity contribution is 7.80. The zero-order valence-electron chi connectivity index (χ0n) is 11.6. The summed E-state index contributed by atoms with van der Waals surface area (Å²) >= 11 is 4.87. The Morgan fingerprint density at radius 1 is 1.37 bits per heavy atom.